The predicted octanol–water partition coefficient (Wildman–Crippen LogP) is 4.46. The molecule has 5 nitrogen and oxygen atoms in total. The third kappa shape index (κ3) is 3.15. The molecule has 7 heteroatoms. The lowest BCUT2D eigenvalue weighted by molar-refractivity contribution is 0.206. The van der Waals surface area contributed by atoms with Crippen LogP contribution in [0, 0.1) is 5.82 Å². The molecule has 2 heterocycles. The molecule has 0 saturated heterocycles. The number of aromatic nitrogens is 2. The van der Waals surface area contributed by atoms with Gasteiger partial charge in [0.1, 0.15) is 5.82 Å². The fourth-order valence-electron chi connectivity index (χ4n) is 3.09. The van der Waals surface area contributed by atoms with E-state index in [9.17, 15) is 9.18 Å². The van der Waals surface area contributed by atoms with Gasteiger partial charge in [-0.2, -0.15) is 5.10 Å². The maximum absolute atomic E-state index is 13.9. The first-order valence-electron chi connectivity index (χ1n) is 8.24. The van der Waals surface area contributed by atoms with Gasteiger partial charge in [0.15, 0.2) is 0 Å². The van der Waals surface area contributed by atoms with Gasteiger partial charge in [0.2, 0.25) is 0 Å². The zero-order valence-corrected chi connectivity index (χ0v) is 14.6. The largest absolute Gasteiger partial charge is 0.322 e. The summed E-state index contributed by atoms with van der Waals surface area (Å²) >= 11 is 5.88. The summed E-state index contributed by atoms with van der Waals surface area (Å²) in [6.07, 6.45) is 0.667. The number of amides is 2. The van der Waals surface area contributed by atoms with E-state index < -0.39 is 5.82 Å². The molecule has 0 atom stereocenters. The first kappa shape index (κ1) is 16.6. The molecular formula is C19H16ClFN4O. The van der Waals surface area contributed by atoms with Crippen molar-refractivity contribution in [3.63, 3.8) is 0 Å². The van der Waals surface area contributed by atoms with Gasteiger partial charge in [0, 0.05) is 34.8 Å². The minimum Gasteiger partial charge on any atom is -0.320 e. The van der Waals surface area contributed by atoms with Crippen LogP contribution in [0.3, 0.4) is 0 Å². The van der Waals surface area contributed by atoms with E-state index in [0.717, 1.165) is 22.5 Å². The number of H-pyrrole nitrogens is 1. The smallest absolute Gasteiger partial charge is 0.320 e. The lowest BCUT2D eigenvalue weighted by Crippen LogP contribution is -2.39. The Kier molecular flexibility index (Phi) is 4.34. The molecular weight excluding hydrogens is 355 g/mol. The van der Waals surface area contributed by atoms with Crippen LogP contribution in [-0.4, -0.2) is 27.7 Å². The zero-order chi connectivity index (χ0) is 18.1. The van der Waals surface area contributed by atoms with Crippen LogP contribution in [0.5, 0.6) is 0 Å². The Balaban J connectivity index is 1.56. The molecule has 2 N–H and O–H groups in total. The van der Waals surface area contributed by atoms with E-state index >= 15 is 0 Å². The van der Waals surface area contributed by atoms with Crippen LogP contribution in [-0.2, 0) is 13.0 Å². The summed E-state index contributed by atoms with van der Waals surface area (Å²) < 4.78 is 13.9. The van der Waals surface area contributed by atoms with E-state index in [1.165, 1.54) is 18.2 Å². The Morgan fingerprint density at radius 3 is 2.85 bits per heavy atom. The third-order valence-corrected chi connectivity index (χ3v) is 4.67. The molecule has 3 aromatic rings. The molecule has 0 aliphatic carbocycles. The van der Waals surface area contributed by atoms with Gasteiger partial charge in [-0.25, -0.2) is 9.18 Å². The number of carbonyl (C=O) groups is 1. The van der Waals surface area contributed by atoms with E-state index in [1.807, 2.05) is 30.3 Å². The van der Waals surface area contributed by atoms with Gasteiger partial charge in [0.25, 0.3) is 0 Å². The Morgan fingerprint density at radius 1 is 1.23 bits per heavy atom. The number of aromatic amines is 1. The quantitative estimate of drug-likeness (QED) is 0.699. The molecule has 132 valence electrons. The maximum atomic E-state index is 13.9. The highest BCUT2D eigenvalue weighted by molar-refractivity contribution is 6.30. The second-order valence-electron chi connectivity index (χ2n) is 6.12. The number of urea groups is 1. The van der Waals surface area contributed by atoms with Crippen molar-refractivity contribution in [2.24, 2.45) is 0 Å². The van der Waals surface area contributed by atoms with Crippen molar-refractivity contribution >= 4 is 23.3 Å². The van der Waals surface area contributed by atoms with E-state index in [-0.39, 0.29) is 11.7 Å². The molecule has 1 aromatic heterocycles. The third-order valence-electron chi connectivity index (χ3n) is 4.44. The Labute approximate surface area is 154 Å². The van der Waals surface area contributed by atoms with Crippen molar-refractivity contribution in [1.82, 2.24) is 15.1 Å². The number of hydrogen-bond acceptors (Lipinski definition) is 2. The number of hydrogen-bond donors (Lipinski definition) is 2. The predicted molar refractivity (Wildman–Crippen MR) is 98.6 cm³/mol. The Morgan fingerprint density at radius 2 is 2.04 bits per heavy atom. The van der Waals surface area contributed by atoms with Gasteiger partial charge in [0.05, 0.1) is 17.9 Å². The molecule has 1 aliphatic rings. The topological polar surface area (TPSA) is 61.0 Å². The summed E-state index contributed by atoms with van der Waals surface area (Å²) in [7, 11) is 0. The van der Waals surface area contributed by atoms with Crippen molar-refractivity contribution in [2.45, 2.75) is 13.0 Å². The summed E-state index contributed by atoms with van der Waals surface area (Å²) in [5.74, 6) is -0.520. The van der Waals surface area contributed by atoms with E-state index in [2.05, 4.69) is 15.5 Å². The van der Waals surface area contributed by atoms with Crippen molar-refractivity contribution in [3.8, 4) is 11.3 Å². The summed E-state index contributed by atoms with van der Waals surface area (Å²) in [4.78, 5) is 14.2. The molecule has 4 rings (SSSR count). The van der Waals surface area contributed by atoms with Crippen molar-refractivity contribution in [3.05, 3.63) is 70.6 Å². The fraction of sp³-hybridized carbons (Fsp3) is 0.158. The minimum atomic E-state index is -0.520. The summed E-state index contributed by atoms with van der Waals surface area (Å²) in [5.41, 5.74) is 3.93. The minimum absolute atomic E-state index is 0.0729. The second-order valence-corrected chi connectivity index (χ2v) is 6.56. The van der Waals surface area contributed by atoms with Crippen LogP contribution in [0.25, 0.3) is 11.3 Å². The van der Waals surface area contributed by atoms with E-state index in [0.29, 0.717) is 24.5 Å². The van der Waals surface area contributed by atoms with Gasteiger partial charge >= 0.3 is 6.03 Å². The average Bonchev–Trinajstić information content (AvgIpc) is 3.08. The zero-order valence-electron chi connectivity index (χ0n) is 13.8. The standard InChI is InChI=1S/C19H16ClFN4O/c20-13-6-7-15(21)17(10-13)22-19(26)25-9-8-16-14(11-25)18(24-23-16)12-4-2-1-3-5-12/h1-7,10H,8-9,11H2,(H,22,26)(H,23,24). The van der Waals surface area contributed by atoms with Gasteiger partial charge in [-0.05, 0) is 18.2 Å². The molecule has 26 heavy (non-hydrogen) atoms. The highest BCUT2D eigenvalue weighted by Gasteiger charge is 2.26. The number of benzene rings is 2. The van der Waals surface area contributed by atoms with E-state index in [4.69, 9.17) is 11.6 Å². The number of carbonyl (C=O) groups excluding carboxylic acids is 1. The van der Waals surface area contributed by atoms with Gasteiger partial charge in [-0.15, -0.1) is 0 Å². The first-order valence-corrected chi connectivity index (χ1v) is 8.62. The van der Waals surface area contributed by atoms with Crippen LogP contribution >= 0.6 is 11.6 Å². The second kappa shape index (κ2) is 6.80. The summed E-state index contributed by atoms with van der Waals surface area (Å²) in [6.45, 7) is 0.932. The highest BCUT2D eigenvalue weighted by Crippen LogP contribution is 2.28. The molecule has 1 aliphatic heterocycles. The molecule has 0 saturated carbocycles. The number of nitrogens with one attached hydrogen (secondary N) is 2. The van der Waals surface area contributed by atoms with Crippen LogP contribution in [0.4, 0.5) is 14.9 Å². The lowest BCUT2D eigenvalue weighted by Gasteiger charge is -2.27. The molecule has 0 radical (unpaired) electrons. The number of anilines is 1. The van der Waals surface area contributed by atoms with E-state index in [1.54, 1.807) is 4.90 Å². The van der Waals surface area contributed by atoms with Crippen molar-refractivity contribution < 1.29 is 9.18 Å². The number of fused-ring (bicyclic) bond motifs is 1. The van der Waals surface area contributed by atoms with Gasteiger partial charge in [-0.3, -0.25) is 5.10 Å². The highest BCUT2D eigenvalue weighted by atomic mass is 35.5. The molecule has 0 bridgehead atoms. The first-order chi connectivity index (χ1) is 12.6. The normalized spacial score (nSPS) is 13.4. The molecule has 0 fully saturated rings. The monoisotopic (exact) mass is 370 g/mol. The SMILES string of the molecule is O=C(Nc1cc(Cl)ccc1F)N1CCc2[nH]nc(-c3ccccc3)c2C1. The lowest BCUT2D eigenvalue weighted by atomic mass is 10.0. The van der Waals surface area contributed by atoms with Crippen LogP contribution in [0.15, 0.2) is 48.5 Å². The van der Waals surface area contributed by atoms with Crippen molar-refractivity contribution in [2.75, 3.05) is 11.9 Å². The molecule has 0 spiro atoms. The van der Waals surface area contributed by atoms with Crippen molar-refractivity contribution in [1.29, 1.82) is 0 Å². The van der Waals surface area contributed by atoms with Gasteiger partial charge < -0.3 is 10.2 Å². The Bertz CT molecular complexity index is 957. The number of halogens is 2. The van der Waals surface area contributed by atoms with Crippen LogP contribution in [0.2, 0.25) is 5.02 Å². The summed E-state index contributed by atoms with van der Waals surface area (Å²) in [5, 5.41) is 10.4. The maximum Gasteiger partial charge on any atom is 0.322 e. The average molecular weight is 371 g/mol. The molecule has 0 unspecified atom stereocenters. The molecule has 2 aromatic carbocycles. The van der Waals surface area contributed by atoms with Gasteiger partial charge in [-0.1, -0.05) is 41.9 Å². The fourth-order valence-corrected chi connectivity index (χ4v) is 3.26. The van der Waals surface area contributed by atoms with Crippen LogP contribution in [0.1, 0.15) is 11.3 Å². The number of nitrogens with zero attached hydrogens (tertiary/aromatic N) is 2. The summed E-state index contributed by atoms with van der Waals surface area (Å²) in [6, 6.07) is 13.5. The molecule has 2 amide bonds. The van der Waals surface area contributed by atoms with Crippen LogP contribution < -0.4 is 5.32 Å². The Hall–Kier alpha value is -2.86. The number of rotatable bonds is 2.